The molecule has 0 aliphatic heterocycles. The molecule has 0 saturated heterocycles. The molecule has 78 valence electrons. The van der Waals surface area contributed by atoms with Crippen molar-refractivity contribution < 1.29 is 0 Å². The molecule has 2 heteroatoms. The highest BCUT2D eigenvalue weighted by Gasteiger charge is 2.06. The van der Waals surface area contributed by atoms with Crippen molar-refractivity contribution in [1.29, 1.82) is 0 Å². The van der Waals surface area contributed by atoms with Crippen LogP contribution in [0.2, 0.25) is 0 Å². The van der Waals surface area contributed by atoms with Crippen LogP contribution in [-0.4, -0.2) is 0 Å². The third-order valence-corrected chi connectivity index (χ3v) is 3.41. The van der Waals surface area contributed by atoms with Crippen LogP contribution in [0, 0.1) is 6.92 Å². The van der Waals surface area contributed by atoms with E-state index in [1.165, 1.54) is 16.0 Å². The molecule has 1 aromatic carbocycles. The highest BCUT2D eigenvalue weighted by molar-refractivity contribution is 7.09. The Hall–Kier alpha value is -1.12. The Labute approximate surface area is 94.6 Å². The predicted molar refractivity (Wildman–Crippen MR) is 66.1 cm³/mol. The van der Waals surface area contributed by atoms with Crippen molar-refractivity contribution in [2.24, 2.45) is 5.73 Å². The van der Waals surface area contributed by atoms with Crippen LogP contribution in [0.5, 0.6) is 0 Å². The van der Waals surface area contributed by atoms with Gasteiger partial charge in [-0.15, -0.1) is 11.3 Å². The number of benzene rings is 1. The first-order chi connectivity index (χ1) is 7.25. The smallest absolute Gasteiger partial charge is 0.0343 e. The molecule has 1 atom stereocenters. The third-order valence-electron chi connectivity index (χ3n) is 2.51. The van der Waals surface area contributed by atoms with Crippen LogP contribution >= 0.6 is 11.3 Å². The maximum absolute atomic E-state index is 6.14. The average Bonchev–Trinajstić information content (AvgIpc) is 2.71. The van der Waals surface area contributed by atoms with Crippen molar-refractivity contribution in [3.05, 3.63) is 57.8 Å². The zero-order valence-electron chi connectivity index (χ0n) is 8.81. The first-order valence-electron chi connectivity index (χ1n) is 5.10. The lowest BCUT2D eigenvalue weighted by molar-refractivity contribution is 0.730. The van der Waals surface area contributed by atoms with Crippen molar-refractivity contribution in [2.45, 2.75) is 19.4 Å². The van der Waals surface area contributed by atoms with E-state index in [4.69, 9.17) is 5.73 Å². The van der Waals surface area contributed by atoms with Gasteiger partial charge in [-0.25, -0.2) is 0 Å². The van der Waals surface area contributed by atoms with E-state index in [1.54, 1.807) is 11.3 Å². The first kappa shape index (κ1) is 10.4. The second-order valence-corrected chi connectivity index (χ2v) is 4.83. The van der Waals surface area contributed by atoms with Gasteiger partial charge in [0, 0.05) is 17.3 Å². The zero-order chi connectivity index (χ0) is 10.7. The zero-order valence-corrected chi connectivity index (χ0v) is 9.63. The number of nitrogens with two attached hydrogens (primary N) is 1. The van der Waals surface area contributed by atoms with E-state index in [9.17, 15) is 0 Å². The van der Waals surface area contributed by atoms with E-state index < -0.39 is 0 Å². The quantitative estimate of drug-likeness (QED) is 0.838. The number of hydrogen-bond acceptors (Lipinski definition) is 2. The van der Waals surface area contributed by atoms with Crippen LogP contribution in [0.4, 0.5) is 0 Å². The predicted octanol–water partition coefficient (Wildman–Crippen LogP) is 3.30. The van der Waals surface area contributed by atoms with Gasteiger partial charge >= 0.3 is 0 Å². The first-order valence-corrected chi connectivity index (χ1v) is 5.98. The summed E-state index contributed by atoms with van der Waals surface area (Å²) in [5.41, 5.74) is 8.64. The Balaban J connectivity index is 2.08. The van der Waals surface area contributed by atoms with Gasteiger partial charge in [-0.2, -0.15) is 0 Å². The van der Waals surface area contributed by atoms with E-state index in [2.05, 4.69) is 48.7 Å². The van der Waals surface area contributed by atoms with Crippen molar-refractivity contribution in [3.8, 4) is 0 Å². The number of hydrogen-bond donors (Lipinski definition) is 1. The number of thiophene rings is 1. The maximum atomic E-state index is 6.14. The molecule has 0 bridgehead atoms. The van der Waals surface area contributed by atoms with Gasteiger partial charge in [-0.3, -0.25) is 0 Å². The van der Waals surface area contributed by atoms with Gasteiger partial charge in [0.2, 0.25) is 0 Å². The topological polar surface area (TPSA) is 26.0 Å². The molecule has 1 aromatic heterocycles. The third kappa shape index (κ3) is 2.67. The normalized spacial score (nSPS) is 12.7. The molecule has 2 rings (SSSR count). The summed E-state index contributed by atoms with van der Waals surface area (Å²) >= 11 is 1.77. The molecular formula is C13H15NS. The van der Waals surface area contributed by atoms with Crippen molar-refractivity contribution in [3.63, 3.8) is 0 Å². The summed E-state index contributed by atoms with van der Waals surface area (Å²) in [5, 5.41) is 2.09. The molecule has 0 amide bonds. The molecule has 15 heavy (non-hydrogen) atoms. The van der Waals surface area contributed by atoms with E-state index in [0.29, 0.717) is 0 Å². The fraction of sp³-hybridized carbons (Fsp3) is 0.231. The standard InChI is InChI=1S/C13H15NS/c1-10-4-6-11(7-5-10)13(14)9-12-3-2-8-15-12/h2-8,13H,9,14H2,1H3. The Morgan fingerprint density at radius 2 is 1.93 bits per heavy atom. The second kappa shape index (κ2) is 4.60. The Morgan fingerprint density at radius 1 is 1.20 bits per heavy atom. The fourth-order valence-corrected chi connectivity index (χ4v) is 2.34. The Kier molecular flexibility index (Phi) is 3.19. The lowest BCUT2D eigenvalue weighted by Crippen LogP contribution is -2.12. The van der Waals surface area contributed by atoms with Crippen molar-refractivity contribution in [2.75, 3.05) is 0 Å². The lowest BCUT2D eigenvalue weighted by Gasteiger charge is -2.10. The fourth-order valence-electron chi connectivity index (χ4n) is 1.58. The van der Waals surface area contributed by atoms with Crippen LogP contribution in [0.15, 0.2) is 41.8 Å². The van der Waals surface area contributed by atoms with Crippen molar-refractivity contribution in [1.82, 2.24) is 0 Å². The highest BCUT2D eigenvalue weighted by Crippen LogP contribution is 2.19. The summed E-state index contributed by atoms with van der Waals surface area (Å²) in [6.07, 6.45) is 0.931. The largest absolute Gasteiger partial charge is 0.324 e. The minimum Gasteiger partial charge on any atom is -0.324 e. The second-order valence-electron chi connectivity index (χ2n) is 3.80. The number of rotatable bonds is 3. The van der Waals surface area contributed by atoms with E-state index in [0.717, 1.165) is 6.42 Å². The van der Waals surface area contributed by atoms with Gasteiger partial charge in [0.25, 0.3) is 0 Å². The van der Waals surface area contributed by atoms with Crippen LogP contribution in [-0.2, 0) is 6.42 Å². The molecule has 1 unspecified atom stereocenters. The summed E-state index contributed by atoms with van der Waals surface area (Å²) < 4.78 is 0. The molecule has 0 fully saturated rings. The van der Waals surface area contributed by atoms with Gasteiger partial charge in [0.1, 0.15) is 0 Å². The molecule has 1 nitrogen and oxygen atoms in total. The van der Waals surface area contributed by atoms with Crippen LogP contribution in [0.25, 0.3) is 0 Å². The summed E-state index contributed by atoms with van der Waals surface area (Å²) in [6, 6.07) is 12.8. The van der Waals surface area contributed by atoms with Gasteiger partial charge in [0.05, 0.1) is 0 Å². The molecule has 0 spiro atoms. The van der Waals surface area contributed by atoms with Gasteiger partial charge < -0.3 is 5.73 Å². The maximum Gasteiger partial charge on any atom is 0.0343 e. The SMILES string of the molecule is Cc1ccc(C(N)Cc2cccs2)cc1. The Morgan fingerprint density at radius 3 is 2.53 bits per heavy atom. The minimum absolute atomic E-state index is 0.115. The van der Waals surface area contributed by atoms with Crippen LogP contribution < -0.4 is 5.73 Å². The monoisotopic (exact) mass is 217 g/mol. The summed E-state index contributed by atoms with van der Waals surface area (Å²) in [4.78, 5) is 1.35. The summed E-state index contributed by atoms with van der Waals surface area (Å²) in [6.45, 7) is 2.09. The molecular weight excluding hydrogens is 202 g/mol. The van der Waals surface area contributed by atoms with E-state index >= 15 is 0 Å². The van der Waals surface area contributed by atoms with Crippen LogP contribution in [0.3, 0.4) is 0 Å². The molecule has 2 aromatic rings. The molecule has 2 N–H and O–H groups in total. The number of aryl methyl sites for hydroxylation is 1. The molecule has 0 radical (unpaired) electrons. The molecule has 0 saturated carbocycles. The minimum atomic E-state index is 0.115. The summed E-state index contributed by atoms with van der Waals surface area (Å²) in [7, 11) is 0. The average molecular weight is 217 g/mol. The van der Waals surface area contributed by atoms with Gasteiger partial charge in [0.15, 0.2) is 0 Å². The Bertz CT molecular complexity index is 403. The van der Waals surface area contributed by atoms with E-state index in [-0.39, 0.29) is 6.04 Å². The lowest BCUT2D eigenvalue weighted by atomic mass is 10.0. The van der Waals surface area contributed by atoms with Gasteiger partial charge in [-0.1, -0.05) is 35.9 Å². The van der Waals surface area contributed by atoms with Gasteiger partial charge in [-0.05, 0) is 23.9 Å². The van der Waals surface area contributed by atoms with E-state index in [1.807, 2.05) is 0 Å². The summed E-state index contributed by atoms with van der Waals surface area (Å²) in [5.74, 6) is 0. The van der Waals surface area contributed by atoms with Crippen LogP contribution in [0.1, 0.15) is 22.0 Å². The molecule has 0 aliphatic rings. The van der Waals surface area contributed by atoms with Crippen molar-refractivity contribution >= 4 is 11.3 Å². The molecule has 0 aliphatic carbocycles. The highest BCUT2D eigenvalue weighted by atomic mass is 32.1. The molecule has 1 heterocycles.